The number of nitrogens with zero attached hydrogens (tertiary/aromatic N) is 1. The highest BCUT2D eigenvalue weighted by Gasteiger charge is 2.24. The molecule has 1 amide bonds. The van der Waals surface area contributed by atoms with Crippen LogP contribution in [0.1, 0.15) is 29.6 Å². The fraction of sp³-hybridized carbons (Fsp3) is 0.421. The van der Waals surface area contributed by atoms with Crippen LogP contribution < -0.4 is 5.32 Å². The molecular formula is C19H25ClN2O. The van der Waals surface area contributed by atoms with Gasteiger partial charge in [0.2, 0.25) is 0 Å². The molecule has 3 rings (SSSR count). The summed E-state index contributed by atoms with van der Waals surface area (Å²) in [7, 11) is 2.00. The van der Waals surface area contributed by atoms with E-state index in [0.717, 1.165) is 54.7 Å². The van der Waals surface area contributed by atoms with Crippen LogP contribution in [0.3, 0.4) is 0 Å². The van der Waals surface area contributed by atoms with Crippen LogP contribution in [0, 0.1) is 5.92 Å². The zero-order chi connectivity index (χ0) is 15.4. The van der Waals surface area contributed by atoms with Crippen LogP contribution >= 0.6 is 12.4 Å². The normalized spacial score (nSPS) is 15.4. The van der Waals surface area contributed by atoms with Crippen LogP contribution in [-0.2, 0) is 0 Å². The van der Waals surface area contributed by atoms with Gasteiger partial charge in [-0.2, -0.15) is 0 Å². The molecule has 1 aliphatic heterocycles. The topological polar surface area (TPSA) is 32.3 Å². The van der Waals surface area contributed by atoms with Gasteiger partial charge < -0.3 is 10.2 Å². The maximum Gasteiger partial charge on any atom is 0.254 e. The number of rotatable bonds is 4. The summed E-state index contributed by atoms with van der Waals surface area (Å²) in [6.07, 6.45) is 3.46. The van der Waals surface area contributed by atoms with Crippen molar-refractivity contribution in [2.24, 2.45) is 5.92 Å². The molecule has 4 heteroatoms. The van der Waals surface area contributed by atoms with E-state index in [1.807, 2.05) is 42.3 Å². The molecule has 0 spiro atoms. The molecule has 2 aromatic rings. The zero-order valence-electron chi connectivity index (χ0n) is 13.6. The molecule has 1 fully saturated rings. The molecule has 23 heavy (non-hydrogen) atoms. The molecule has 3 nitrogen and oxygen atoms in total. The Kier molecular flexibility index (Phi) is 6.43. The third-order valence-electron chi connectivity index (χ3n) is 4.72. The maximum absolute atomic E-state index is 12.8. The second-order valence-corrected chi connectivity index (χ2v) is 6.15. The first kappa shape index (κ1) is 17.8. The van der Waals surface area contributed by atoms with Gasteiger partial charge in [-0.3, -0.25) is 4.79 Å². The van der Waals surface area contributed by atoms with Gasteiger partial charge >= 0.3 is 0 Å². The Morgan fingerprint density at radius 2 is 1.83 bits per heavy atom. The SMILES string of the molecule is CNCCC1CCN(C(=O)c2cccc3ccccc23)CC1.Cl. The quantitative estimate of drug-likeness (QED) is 0.925. The van der Waals surface area contributed by atoms with E-state index in [1.165, 1.54) is 6.42 Å². The molecule has 124 valence electrons. The first-order chi connectivity index (χ1) is 10.8. The average Bonchev–Trinajstić information content (AvgIpc) is 2.59. The molecule has 0 bridgehead atoms. The van der Waals surface area contributed by atoms with Crippen molar-refractivity contribution in [1.29, 1.82) is 0 Å². The van der Waals surface area contributed by atoms with Crippen molar-refractivity contribution >= 4 is 29.1 Å². The number of piperidine rings is 1. The predicted molar refractivity (Wildman–Crippen MR) is 98.4 cm³/mol. The van der Waals surface area contributed by atoms with Gasteiger partial charge in [-0.15, -0.1) is 12.4 Å². The summed E-state index contributed by atoms with van der Waals surface area (Å²) in [6, 6.07) is 14.1. The highest BCUT2D eigenvalue weighted by molar-refractivity contribution is 6.07. The van der Waals surface area contributed by atoms with Gasteiger partial charge in [0, 0.05) is 18.7 Å². The van der Waals surface area contributed by atoms with Gasteiger partial charge in [0.25, 0.3) is 5.91 Å². The van der Waals surface area contributed by atoms with Gasteiger partial charge in [0.15, 0.2) is 0 Å². The largest absolute Gasteiger partial charge is 0.339 e. The maximum atomic E-state index is 12.8. The fourth-order valence-electron chi connectivity index (χ4n) is 3.36. The van der Waals surface area contributed by atoms with Gasteiger partial charge in [0.05, 0.1) is 0 Å². The zero-order valence-corrected chi connectivity index (χ0v) is 14.4. The molecule has 1 N–H and O–H groups in total. The summed E-state index contributed by atoms with van der Waals surface area (Å²) in [5.41, 5.74) is 0.840. The summed E-state index contributed by atoms with van der Waals surface area (Å²) in [5.74, 6) is 0.938. The van der Waals surface area contributed by atoms with Gasteiger partial charge in [-0.05, 0) is 55.6 Å². The number of fused-ring (bicyclic) bond motifs is 1. The Morgan fingerprint density at radius 3 is 2.57 bits per heavy atom. The Bertz CT molecular complexity index is 645. The highest BCUT2D eigenvalue weighted by Crippen LogP contribution is 2.24. The van der Waals surface area contributed by atoms with Gasteiger partial charge in [-0.1, -0.05) is 36.4 Å². The van der Waals surface area contributed by atoms with E-state index in [4.69, 9.17) is 0 Å². The van der Waals surface area contributed by atoms with E-state index in [1.54, 1.807) is 0 Å². The first-order valence-corrected chi connectivity index (χ1v) is 8.21. The standard InChI is InChI=1S/C19H24N2O.ClH/c1-20-12-9-15-10-13-21(14-11-15)19(22)18-8-4-6-16-5-2-3-7-17(16)18;/h2-8,15,20H,9-14H2,1H3;1H. The summed E-state index contributed by atoms with van der Waals surface area (Å²) in [4.78, 5) is 14.9. The average molecular weight is 333 g/mol. The lowest BCUT2D eigenvalue weighted by Crippen LogP contribution is -2.39. The van der Waals surface area contributed by atoms with Crippen molar-refractivity contribution in [3.63, 3.8) is 0 Å². The molecule has 0 aromatic heterocycles. The smallest absolute Gasteiger partial charge is 0.254 e. The Hall–Kier alpha value is -1.58. The van der Waals surface area contributed by atoms with Crippen LogP contribution in [0.4, 0.5) is 0 Å². The molecule has 0 aliphatic carbocycles. The van der Waals surface area contributed by atoms with Crippen molar-refractivity contribution in [1.82, 2.24) is 10.2 Å². The highest BCUT2D eigenvalue weighted by atomic mass is 35.5. The number of hydrogen-bond donors (Lipinski definition) is 1. The minimum absolute atomic E-state index is 0. The Labute approximate surface area is 144 Å². The minimum Gasteiger partial charge on any atom is -0.339 e. The number of amides is 1. The number of hydrogen-bond acceptors (Lipinski definition) is 2. The Balaban J connectivity index is 0.00000192. The minimum atomic E-state index is 0. The van der Waals surface area contributed by atoms with E-state index in [0.29, 0.717) is 0 Å². The molecular weight excluding hydrogens is 308 g/mol. The lowest BCUT2D eigenvalue weighted by molar-refractivity contribution is 0.0689. The third kappa shape index (κ3) is 4.04. The monoisotopic (exact) mass is 332 g/mol. The molecule has 2 aromatic carbocycles. The fourth-order valence-corrected chi connectivity index (χ4v) is 3.36. The van der Waals surface area contributed by atoms with E-state index in [-0.39, 0.29) is 18.3 Å². The molecule has 1 aliphatic rings. The third-order valence-corrected chi connectivity index (χ3v) is 4.72. The first-order valence-electron chi connectivity index (χ1n) is 8.21. The number of halogens is 1. The van der Waals surface area contributed by atoms with E-state index in [2.05, 4.69) is 17.4 Å². The summed E-state index contributed by atoms with van der Waals surface area (Å²) in [5, 5.41) is 5.41. The van der Waals surface area contributed by atoms with Crippen LogP contribution in [0.15, 0.2) is 42.5 Å². The summed E-state index contributed by atoms with van der Waals surface area (Å²) >= 11 is 0. The van der Waals surface area contributed by atoms with Crippen LogP contribution in [-0.4, -0.2) is 37.5 Å². The molecule has 0 saturated carbocycles. The number of likely N-dealkylation sites (tertiary alicyclic amines) is 1. The van der Waals surface area contributed by atoms with Crippen molar-refractivity contribution < 1.29 is 4.79 Å². The predicted octanol–water partition coefficient (Wildman–Crippen LogP) is 3.72. The van der Waals surface area contributed by atoms with Crippen LogP contribution in [0.25, 0.3) is 10.8 Å². The lowest BCUT2D eigenvalue weighted by Gasteiger charge is -2.32. The molecule has 0 radical (unpaired) electrons. The lowest BCUT2D eigenvalue weighted by atomic mass is 9.93. The second kappa shape index (κ2) is 8.32. The van der Waals surface area contributed by atoms with Crippen LogP contribution in [0.2, 0.25) is 0 Å². The van der Waals surface area contributed by atoms with Crippen molar-refractivity contribution in [3.8, 4) is 0 Å². The molecule has 1 saturated heterocycles. The number of benzene rings is 2. The molecule has 1 heterocycles. The van der Waals surface area contributed by atoms with E-state index in [9.17, 15) is 4.79 Å². The van der Waals surface area contributed by atoms with Gasteiger partial charge in [-0.25, -0.2) is 0 Å². The van der Waals surface area contributed by atoms with Crippen molar-refractivity contribution in [3.05, 3.63) is 48.0 Å². The molecule has 0 atom stereocenters. The van der Waals surface area contributed by atoms with Crippen LogP contribution in [0.5, 0.6) is 0 Å². The molecule has 0 unspecified atom stereocenters. The Morgan fingerprint density at radius 1 is 1.13 bits per heavy atom. The van der Waals surface area contributed by atoms with Crippen molar-refractivity contribution in [2.75, 3.05) is 26.7 Å². The second-order valence-electron chi connectivity index (χ2n) is 6.15. The van der Waals surface area contributed by atoms with Gasteiger partial charge in [0.1, 0.15) is 0 Å². The number of nitrogens with one attached hydrogen (secondary N) is 1. The van der Waals surface area contributed by atoms with E-state index >= 15 is 0 Å². The van der Waals surface area contributed by atoms with E-state index < -0.39 is 0 Å². The van der Waals surface area contributed by atoms with Crippen molar-refractivity contribution in [2.45, 2.75) is 19.3 Å². The number of carbonyl (C=O) groups excluding carboxylic acids is 1. The summed E-state index contributed by atoms with van der Waals surface area (Å²) < 4.78 is 0. The summed E-state index contributed by atoms with van der Waals surface area (Å²) in [6.45, 7) is 2.84. The number of carbonyl (C=O) groups is 1.